The van der Waals surface area contributed by atoms with E-state index in [2.05, 4.69) is 12.2 Å². The summed E-state index contributed by atoms with van der Waals surface area (Å²) in [4.78, 5) is 26.9. The SMILES string of the molecule is CCc1ccc(OCCNC(=O)c2ccc(C3SCC(=O)N3Cc3ccc(Cl)cc3)cc2)cc1. The standard InChI is InChI=1S/C27H27ClN2O3S/c1-2-19-5-13-24(14-6-19)33-16-15-29-26(32)21-7-9-22(10-8-21)27-30(25(31)18-34-27)17-20-3-11-23(28)12-4-20/h3-14,27H,2,15-18H2,1H3,(H,29,32). The number of benzene rings is 3. The van der Waals surface area contributed by atoms with Gasteiger partial charge in [0.1, 0.15) is 17.7 Å². The van der Waals surface area contributed by atoms with Gasteiger partial charge in [-0.25, -0.2) is 0 Å². The summed E-state index contributed by atoms with van der Waals surface area (Å²) in [6.07, 6.45) is 0.991. The average Bonchev–Trinajstić information content (AvgIpc) is 3.23. The van der Waals surface area contributed by atoms with Gasteiger partial charge in [-0.1, -0.05) is 54.9 Å². The molecule has 0 aromatic heterocycles. The van der Waals surface area contributed by atoms with Crippen LogP contribution in [0.5, 0.6) is 5.75 Å². The molecule has 1 unspecified atom stereocenters. The van der Waals surface area contributed by atoms with Crippen molar-refractivity contribution < 1.29 is 14.3 Å². The molecule has 1 saturated heterocycles. The molecule has 176 valence electrons. The van der Waals surface area contributed by atoms with E-state index in [1.807, 2.05) is 65.6 Å². The third-order valence-electron chi connectivity index (χ3n) is 5.68. The summed E-state index contributed by atoms with van der Waals surface area (Å²) < 4.78 is 5.69. The van der Waals surface area contributed by atoms with Crippen LogP contribution in [0.25, 0.3) is 0 Å². The van der Waals surface area contributed by atoms with E-state index in [-0.39, 0.29) is 17.2 Å². The molecule has 2 amide bonds. The molecule has 0 spiro atoms. The van der Waals surface area contributed by atoms with E-state index in [1.165, 1.54) is 5.56 Å². The summed E-state index contributed by atoms with van der Waals surface area (Å²) in [7, 11) is 0. The Kier molecular flexibility index (Phi) is 8.14. The van der Waals surface area contributed by atoms with E-state index >= 15 is 0 Å². The minimum atomic E-state index is -0.148. The van der Waals surface area contributed by atoms with Crippen LogP contribution < -0.4 is 10.1 Å². The first-order valence-electron chi connectivity index (χ1n) is 11.3. The van der Waals surface area contributed by atoms with Crippen molar-refractivity contribution in [2.75, 3.05) is 18.9 Å². The Labute approximate surface area is 209 Å². The van der Waals surface area contributed by atoms with E-state index < -0.39 is 0 Å². The molecule has 1 aliphatic heterocycles. The molecule has 3 aromatic rings. The van der Waals surface area contributed by atoms with Crippen LogP contribution in [0.2, 0.25) is 5.02 Å². The number of aryl methyl sites for hydroxylation is 1. The fourth-order valence-electron chi connectivity index (χ4n) is 3.74. The molecule has 1 fully saturated rings. The quantitative estimate of drug-likeness (QED) is 0.400. The van der Waals surface area contributed by atoms with Gasteiger partial charge in [0.15, 0.2) is 0 Å². The second-order valence-electron chi connectivity index (χ2n) is 8.04. The first-order valence-corrected chi connectivity index (χ1v) is 12.7. The van der Waals surface area contributed by atoms with E-state index in [0.29, 0.717) is 36.0 Å². The zero-order chi connectivity index (χ0) is 23.9. The Morgan fingerprint density at radius 1 is 1.03 bits per heavy atom. The van der Waals surface area contributed by atoms with Gasteiger partial charge in [0.25, 0.3) is 5.91 Å². The van der Waals surface area contributed by atoms with Crippen molar-refractivity contribution in [2.24, 2.45) is 0 Å². The highest BCUT2D eigenvalue weighted by Crippen LogP contribution is 2.39. The first-order chi connectivity index (χ1) is 16.5. The van der Waals surface area contributed by atoms with Crippen molar-refractivity contribution in [3.63, 3.8) is 0 Å². The highest BCUT2D eigenvalue weighted by atomic mass is 35.5. The molecule has 5 nitrogen and oxygen atoms in total. The number of nitrogens with one attached hydrogen (secondary N) is 1. The van der Waals surface area contributed by atoms with Crippen LogP contribution in [-0.4, -0.2) is 35.6 Å². The predicted octanol–water partition coefficient (Wildman–Crippen LogP) is 5.49. The van der Waals surface area contributed by atoms with Gasteiger partial charge in [-0.2, -0.15) is 0 Å². The largest absolute Gasteiger partial charge is 0.492 e. The molecule has 1 aliphatic rings. The zero-order valence-electron chi connectivity index (χ0n) is 19.0. The van der Waals surface area contributed by atoms with Crippen LogP contribution in [0, 0.1) is 0 Å². The van der Waals surface area contributed by atoms with Gasteiger partial charge in [0.2, 0.25) is 5.91 Å². The van der Waals surface area contributed by atoms with Gasteiger partial charge in [-0.3, -0.25) is 9.59 Å². The van der Waals surface area contributed by atoms with Crippen molar-refractivity contribution in [1.82, 2.24) is 10.2 Å². The molecule has 4 rings (SSSR count). The number of carbonyl (C=O) groups is 2. The summed E-state index contributed by atoms with van der Waals surface area (Å²) in [5.41, 5.74) is 3.87. The maximum Gasteiger partial charge on any atom is 0.251 e. The van der Waals surface area contributed by atoms with E-state index in [9.17, 15) is 9.59 Å². The third-order valence-corrected chi connectivity index (χ3v) is 7.19. The second kappa shape index (κ2) is 11.4. The average molecular weight is 495 g/mol. The molecule has 7 heteroatoms. The topological polar surface area (TPSA) is 58.6 Å². The first kappa shape index (κ1) is 24.2. The molecular weight excluding hydrogens is 468 g/mol. The third kappa shape index (κ3) is 6.13. The Morgan fingerprint density at radius 2 is 1.71 bits per heavy atom. The molecule has 0 aliphatic carbocycles. The Balaban J connectivity index is 1.30. The lowest BCUT2D eigenvalue weighted by molar-refractivity contribution is -0.128. The minimum Gasteiger partial charge on any atom is -0.492 e. The van der Waals surface area contributed by atoms with Crippen LogP contribution in [0.4, 0.5) is 0 Å². The smallest absolute Gasteiger partial charge is 0.251 e. The van der Waals surface area contributed by atoms with Gasteiger partial charge in [-0.15, -0.1) is 11.8 Å². The van der Waals surface area contributed by atoms with E-state index in [4.69, 9.17) is 16.3 Å². The van der Waals surface area contributed by atoms with E-state index in [0.717, 1.165) is 23.3 Å². The number of halogens is 1. The lowest BCUT2D eigenvalue weighted by atomic mass is 10.1. The lowest BCUT2D eigenvalue weighted by Gasteiger charge is -2.24. The molecule has 0 saturated carbocycles. The van der Waals surface area contributed by atoms with Crippen LogP contribution in [0.15, 0.2) is 72.8 Å². The summed E-state index contributed by atoms with van der Waals surface area (Å²) in [6, 6.07) is 23.0. The number of rotatable bonds is 9. The fourth-order valence-corrected chi connectivity index (χ4v) is 5.06. The zero-order valence-corrected chi connectivity index (χ0v) is 20.6. The van der Waals surface area contributed by atoms with Gasteiger partial charge >= 0.3 is 0 Å². The number of thioether (sulfide) groups is 1. The van der Waals surface area contributed by atoms with Crippen LogP contribution in [-0.2, 0) is 17.8 Å². The Bertz CT molecular complexity index is 1120. The number of nitrogens with zero attached hydrogens (tertiary/aromatic N) is 1. The molecule has 3 aromatic carbocycles. The van der Waals surface area contributed by atoms with Crippen molar-refractivity contribution in [2.45, 2.75) is 25.3 Å². The van der Waals surface area contributed by atoms with Gasteiger partial charge in [-0.05, 0) is 59.5 Å². The number of ether oxygens (including phenoxy) is 1. The summed E-state index contributed by atoms with van der Waals surface area (Å²) in [6.45, 7) is 3.45. The maximum absolute atomic E-state index is 12.5. The molecular formula is C27H27ClN2O3S. The highest BCUT2D eigenvalue weighted by molar-refractivity contribution is 8.00. The number of carbonyl (C=O) groups excluding carboxylic acids is 2. The van der Waals surface area contributed by atoms with Crippen molar-refractivity contribution in [3.8, 4) is 5.75 Å². The number of amides is 2. The molecule has 0 radical (unpaired) electrons. The number of hydrogen-bond acceptors (Lipinski definition) is 4. The van der Waals surface area contributed by atoms with Crippen molar-refractivity contribution in [1.29, 1.82) is 0 Å². The fraction of sp³-hybridized carbons (Fsp3) is 0.259. The summed E-state index contributed by atoms with van der Waals surface area (Å²) in [5.74, 6) is 1.20. The number of hydrogen-bond donors (Lipinski definition) is 1. The van der Waals surface area contributed by atoms with Crippen LogP contribution in [0.1, 0.15) is 39.3 Å². The van der Waals surface area contributed by atoms with Crippen molar-refractivity contribution >= 4 is 35.2 Å². The van der Waals surface area contributed by atoms with Gasteiger partial charge in [0.05, 0.1) is 12.3 Å². The molecule has 0 bridgehead atoms. The highest BCUT2D eigenvalue weighted by Gasteiger charge is 2.32. The molecule has 1 N–H and O–H groups in total. The van der Waals surface area contributed by atoms with Gasteiger partial charge in [0, 0.05) is 17.1 Å². The Hall–Kier alpha value is -2.96. The molecule has 34 heavy (non-hydrogen) atoms. The summed E-state index contributed by atoms with van der Waals surface area (Å²) in [5, 5.41) is 3.49. The lowest BCUT2D eigenvalue weighted by Crippen LogP contribution is -2.28. The molecule has 1 heterocycles. The van der Waals surface area contributed by atoms with Gasteiger partial charge < -0.3 is 15.0 Å². The summed E-state index contributed by atoms with van der Waals surface area (Å²) >= 11 is 7.57. The normalized spacial score (nSPS) is 15.4. The Morgan fingerprint density at radius 3 is 2.38 bits per heavy atom. The second-order valence-corrected chi connectivity index (χ2v) is 9.54. The molecule has 1 atom stereocenters. The monoisotopic (exact) mass is 494 g/mol. The van der Waals surface area contributed by atoms with E-state index in [1.54, 1.807) is 23.9 Å². The van der Waals surface area contributed by atoms with Crippen molar-refractivity contribution in [3.05, 3.63) is 100 Å². The minimum absolute atomic E-state index is 0.0761. The predicted molar refractivity (Wildman–Crippen MR) is 137 cm³/mol. The maximum atomic E-state index is 12.5. The van der Waals surface area contributed by atoms with Crippen LogP contribution in [0.3, 0.4) is 0 Å². The van der Waals surface area contributed by atoms with Crippen LogP contribution >= 0.6 is 23.4 Å².